The molecule has 0 unspecified atom stereocenters. The van der Waals surface area contributed by atoms with Crippen molar-refractivity contribution in [2.75, 3.05) is 6.54 Å². The summed E-state index contributed by atoms with van der Waals surface area (Å²) in [5.41, 5.74) is -1.39. The van der Waals surface area contributed by atoms with Crippen LogP contribution in [0, 0.1) is 11.3 Å². The van der Waals surface area contributed by atoms with Crippen LogP contribution in [0.2, 0.25) is 0 Å². The van der Waals surface area contributed by atoms with Crippen LogP contribution in [-0.2, 0) is 6.18 Å². The van der Waals surface area contributed by atoms with Crippen molar-refractivity contribution in [3.8, 4) is 6.07 Å². The molecule has 7 heteroatoms. The molecule has 1 aromatic carbocycles. The molecule has 21 heavy (non-hydrogen) atoms. The van der Waals surface area contributed by atoms with Crippen LogP contribution >= 0.6 is 15.9 Å². The fraction of sp³-hybridized carbons (Fsp3) is 0.429. The standard InChI is InChI=1S/C14H14BrF3N2O/c1-9(2)20(7-3-6-19)13(21)11-5-4-10(15)8-12(11)14(16,17)18/h4-5,8-9H,3,7H2,1-2H3. The van der Waals surface area contributed by atoms with E-state index in [1.54, 1.807) is 13.8 Å². The first-order valence-electron chi connectivity index (χ1n) is 6.23. The number of halogens is 4. The highest BCUT2D eigenvalue weighted by Gasteiger charge is 2.36. The van der Waals surface area contributed by atoms with E-state index in [4.69, 9.17) is 5.26 Å². The Kier molecular flexibility index (Phi) is 5.78. The average Bonchev–Trinajstić information content (AvgIpc) is 2.37. The van der Waals surface area contributed by atoms with Crippen molar-refractivity contribution < 1.29 is 18.0 Å². The predicted molar refractivity (Wildman–Crippen MR) is 75.5 cm³/mol. The van der Waals surface area contributed by atoms with Crippen molar-refractivity contribution in [2.45, 2.75) is 32.5 Å². The minimum absolute atomic E-state index is 0.0712. The van der Waals surface area contributed by atoms with Gasteiger partial charge in [0.25, 0.3) is 5.91 Å². The maximum Gasteiger partial charge on any atom is 0.417 e. The second kappa shape index (κ2) is 6.94. The summed E-state index contributed by atoms with van der Waals surface area (Å²) in [5.74, 6) is -0.722. The van der Waals surface area contributed by atoms with Gasteiger partial charge in [-0.1, -0.05) is 15.9 Å². The number of benzene rings is 1. The van der Waals surface area contributed by atoms with Crippen LogP contribution in [0.25, 0.3) is 0 Å². The lowest BCUT2D eigenvalue weighted by Gasteiger charge is -2.27. The largest absolute Gasteiger partial charge is 0.417 e. The van der Waals surface area contributed by atoms with Gasteiger partial charge >= 0.3 is 6.18 Å². The number of hydrogen-bond donors (Lipinski definition) is 0. The molecular weight excluding hydrogens is 349 g/mol. The summed E-state index contributed by atoms with van der Waals surface area (Å²) in [5, 5.41) is 8.60. The number of nitrogens with zero attached hydrogens (tertiary/aromatic N) is 2. The number of hydrogen-bond acceptors (Lipinski definition) is 2. The van der Waals surface area contributed by atoms with E-state index in [-0.39, 0.29) is 23.5 Å². The lowest BCUT2D eigenvalue weighted by Crippen LogP contribution is -2.38. The number of carbonyl (C=O) groups is 1. The minimum atomic E-state index is -4.62. The van der Waals surface area contributed by atoms with Crippen LogP contribution in [0.3, 0.4) is 0 Å². The number of alkyl halides is 3. The van der Waals surface area contributed by atoms with Crippen LogP contribution in [0.1, 0.15) is 36.2 Å². The van der Waals surface area contributed by atoms with Gasteiger partial charge < -0.3 is 4.90 Å². The van der Waals surface area contributed by atoms with Gasteiger partial charge in [-0.25, -0.2) is 0 Å². The minimum Gasteiger partial charge on any atom is -0.335 e. The van der Waals surface area contributed by atoms with E-state index < -0.39 is 23.2 Å². The Bertz CT molecular complexity index is 564. The van der Waals surface area contributed by atoms with E-state index in [2.05, 4.69) is 15.9 Å². The molecule has 0 aliphatic heterocycles. The highest BCUT2D eigenvalue weighted by molar-refractivity contribution is 9.10. The van der Waals surface area contributed by atoms with Gasteiger partial charge in [0.1, 0.15) is 0 Å². The number of carbonyl (C=O) groups excluding carboxylic acids is 1. The maximum atomic E-state index is 13.1. The fourth-order valence-corrected chi connectivity index (χ4v) is 2.22. The summed E-state index contributed by atoms with van der Waals surface area (Å²) in [7, 11) is 0. The molecule has 0 heterocycles. The molecule has 1 rings (SSSR count). The molecule has 0 aromatic heterocycles. The summed E-state index contributed by atoms with van der Waals surface area (Å²) in [6.07, 6.45) is -4.55. The fourth-order valence-electron chi connectivity index (χ4n) is 1.86. The quantitative estimate of drug-likeness (QED) is 0.804. The van der Waals surface area contributed by atoms with Gasteiger partial charge in [0.2, 0.25) is 0 Å². The average molecular weight is 363 g/mol. The van der Waals surface area contributed by atoms with E-state index in [0.29, 0.717) is 0 Å². The molecule has 3 nitrogen and oxygen atoms in total. The number of nitriles is 1. The van der Waals surface area contributed by atoms with Crippen LogP contribution in [0.5, 0.6) is 0 Å². The zero-order chi connectivity index (χ0) is 16.2. The summed E-state index contributed by atoms with van der Waals surface area (Å²) in [4.78, 5) is 13.6. The summed E-state index contributed by atoms with van der Waals surface area (Å²) < 4.78 is 39.4. The van der Waals surface area contributed by atoms with Gasteiger partial charge in [0.05, 0.1) is 23.6 Å². The molecule has 0 spiro atoms. The van der Waals surface area contributed by atoms with Crippen LogP contribution < -0.4 is 0 Å². The zero-order valence-corrected chi connectivity index (χ0v) is 13.1. The first-order chi connectivity index (χ1) is 9.68. The third-order valence-electron chi connectivity index (χ3n) is 2.87. The van der Waals surface area contributed by atoms with Gasteiger partial charge in [0.15, 0.2) is 0 Å². The molecule has 1 amide bonds. The molecule has 0 atom stereocenters. The van der Waals surface area contributed by atoms with Crippen LogP contribution in [0.15, 0.2) is 22.7 Å². The molecule has 0 saturated carbocycles. The molecule has 1 aromatic rings. The Balaban J connectivity index is 3.25. The Morgan fingerprint density at radius 3 is 2.52 bits per heavy atom. The molecule has 0 fully saturated rings. The van der Waals surface area contributed by atoms with Gasteiger partial charge in [-0.3, -0.25) is 4.79 Å². The molecule has 0 aliphatic rings. The Morgan fingerprint density at radius 2 is 2.05 bits per heavy atom. The first-order valence-corrected chi connectivity index (χ1v) is 7.02. The molecule has 0 bridgehead atoms. The number of rotatable bonds is 4. The highest BCUT2D eigenvalue weighted by atomic mass is 79.9. The Hall–Kier alpha value is -1.55. The summed E-state index contributed by atoms with van der Waals surface area (Å²) in [6.45, 7) is 3.49. The van der Waals surface area contributed by atoms with E-state index in [0.717, 1.165) is 12.1 Å². The molecular formula is C14H14BrF3N2O. The maximum absolute atomic E-state index is 13.1. The lowest BCUT2D eigenvalue weighted by atomic mass is 10.0. The molecule has 0 saturated heterocycles. The van der Waals surface area contributed by atoms with E-state index in [1.165, 1.54) is 11.0 Å². The predicted octanol–water partition coefficient (Wildman–Crippen LogP) is 4.23. The van der Waals surface area contributed by atoms with Crippen LogP contribution in [-0.4, -0.2) is 23.4 Å². The monoisotopic (exact) mass is 362 g/mol. The highest BCUT2D eigenvalue weighted by Crippen LogP contribution is 2.34. The van der Waals surface area contributed by atoms with Crippen molar-refractivity contribution in [1.29, 1.82) is 5.26 Å². The Morgan fingerprint density at radius 1 is 1.43 bits per heavy atom. The molecule has 0 radical (unpaired) electrons. The van der Waals surface area contributed by atoms with Crippen LogP contribution in [0.4, 0.5) is 13.2 Å². The third-order valence-corrected chi connectivity index (χ3v) is 3.36. The third kappa shape index (κ3) is 4.46. The van der Waals surface area contributed by atoms with Crippen molar-refractivity contribution in [2.24, 2.45) is 0 Å². The lowest BCUT2D eigenvalue weighted by molar-refractivity contribution is -0.138. The van der Waals surface area contributed by atoms with E-state index in [1.807, 2.05) is 6.07 Å². The summed E-state index contributed by atoms with van der Waals surface area (Å²) >= 11 is 2.98. The van der Waals surface area contributed by atoms with Crippen molar-refractivity contribution in [1.82, 2.24) is 4.90 Å². The van der Waals surface area contributed by atoms with Crippen molar-refractivity contribution >= 4 is 21.8 Å². The van der Waals surface area contributed by atoms with Gasteiger partial charge in [0, 0.05) is 17.1 Å². The first kappa shape index (κ1) is 17.5. The normalized spacial score (nSPS) is 11.3. The van der Waals surface area contributed by atoms with Crippen molar-refractivity contribution in [3.63, 3.8) is 0 Å². The SMILES string of the molecule is CC(C)N(CCC#N)C(=O)c1ccc(Br)cc1C(F)(F)F. The summed E-state index contributed by atoms with van der Waals surface area (Å²) in [6, 6.07) is 5.02. The van der Waals surface area contributed by atoms with E-state index in [9.17, 15) is 18.0 Å². The van der Waals surface area contributed by atoms with E-state index >= 15 is 0 Å². The molecule has 0 N–H and O–H groups in total. The second-order valence-corrected chi connectivity index (χ2v) is 5.60. The molecule has 114 valence electrons. The van der Waals surface area contributed by atoms with Crippen molar-refractivity contribution in [3.05, 3.63) is 33.8 Å². The van der Waals surface area contributed by atoms with Gasteiger partial charge in [-0.05, 0) is 32.0 Å². The Labute approximate surface area is 129 Å². The van der Waals surface area contributed by atoms with Gasteiger partial charge in [-0.15, -0.1) is 0 Å². The second-order valence-electron chi connectivity index (χ2n) is 4.69. The topological polar surface area (TPSA) is 44.1 Å². The zero-order valence-electron chi connectivity index (χ0n) is 11.5. The van der Waals surface area contributed by atoms with Gasteiger partial charge in [-0.2, -0.15) is 18.4 Å². The molecule has 0 aliphatic carbocycles. The number of amides is 1. The smallest absolute Gasteiger partial charge is 0.335 e.